The Hall–Kier alpha value is -2.97. The van der Waals surface area contributed by atoms with E-state index < -0.39 is 10.0 Å². The maximum Gasteiger partial charge on any atom is 0.240 e. The predicted molar refractivity (Wildman–Crippen MR) is 107 cm³/mol. The highest BCUT2D eigenvalue weighted by Gasteiger charge is 2.13. The van der Waals surface area contributed by atoms with Crippen LogP contribution in [0.2, 0.25) is 0 Å². The highest BCUT2D eigenvalue weighted by molar-refractivity contribution is 7.89. The quantitative estimate of drug-likeness (QED) is 0.576. The van der Waals surface area contributed by atoms with Gasteiger partial charge in [-0.25, -0.2) is 17.8 Å². The highest BCUT2D eigenvalue weighted by atomic mass is 32.2. The number of nitrogens with one attached hydrogen (secondary N) is 2. The summed E-state index contributed by atoms with van der Waals surface area (Å²) in [5, 5.41) is 7.26. The SMILES string of the molecule is O=C(CCNS(=O)(=O)c1ccccc1)NCCc1ccn(-c2ccccc2)n1. The molecule has 2 aromatic carbocycles. The third-order valence-electron chi connectivity index (χ3n) is 4.07. The van der Waals surface area contributed by atoms with Gasteiger partial charge in [-0.05, 0) is 30.3 Å². The van der Waals surface area contributed by atoms with E-state index in [1.165, 1.54) is 12.1 Å². The fourth-order valence-electron chi connectivity index (χ4n) is 2.62. The zero-order valence-electron chi connectivity index (χ0n) is 15.3. The van der Waals surface area contributed by atoms with Crippen molar-refractivity contribution in [2.75, 3.05) is 13.1 Å². The minimum atomic E-state index is -3.59. The van der Waals surface area contributed by atoms with Crippen molar-refractivity contribution in [2.24, 2.45) is 0 Å². The summed E-state index contributed by atoms with van der Waals surface area (Å²) >= 11 is 0. The first-order valence-electron chi connectivity index (χ1n) is 8.96. The first kappa shape index (κ1) is 19.8. The van der Waals surface area contributed by atoms with E-state index in [9.17, 15) is 13.2 Å². The molecule has 0 aliphatic rings. The Bertz CT molecular complexity index is 1000. The van der Waals surface area contributed by atoms with E-state index in [4.69, 9.17) is 0 Å². The van der Waals surface area contributed by atoms with Crippen molar-refractivity contribution in [3.8, 4) is 5.69 Å². The average Bonchev–Trinajstić information content (AvgIpc) is 3.18. The van der Waals surface area contributed by atoms with Crippen LogP contribution in [0.1, 0.15) is 12.1 Å². The Morgan fingerprint density at radius 3 is 2.32 bits per heavy atom. The lowest BCUT2D eigenvalue weighted by atomic mass is 10.3. The number of sulfonamides is 1. The molecule has 0 unspecified atom stereocenters. The highest BCUT2D eigenvalue weighted by Crippen LogP contribution is 2.08. The van der Waals surface area contributed by atoms with Gasteiger partial charge in [0.2, 0.25) is 15.9 Å². The van der Waals surface area contributed by atoms with Crippen molar-refractivity contribution in [3.05, 3.63) is 78.6 Å². The summed E-state index contributed by atoms with van der Waals surface area (Å²) in [6, 6.07) is 19.8. The molecule has 0 bridgehead atoms. The molecule has 2 N–H and O–H groups in total. The number of carbonyl (C=O) groups excluding carboxylic acids is 1. The van der Waals surface area contributed by atoms with E-state index in [1.807, 2.05) is 42.6 Å². The second-order valence-electron chi connectivity index (χ2n) is 6.15. The van der Waals surface area contributed by atoms with E-state index in [1.54, 1.807) is 22.9 Å². The number of nitrogens with zero attached hydrogens (tertiary/aromatic N) is 2. The molecule has 7 nitrogen and oxygen atoms in total. The molecule has 146 valence electrons. The van der Waals surface area contributed by atoms with Gasteiger partial charge in [-0.15, -0.1) is 0 Å². The predicted octanol–water partition coefficient (Wildman–Crippen LogP) is 1.90. The summed E-state index contributed by atoms with van der Waals surface area (Å²) in [4.78, 5) is 12.1. The smallest absolute Gasteiger partial charge is 0.240 e. The van der Waals surface area contributed by atoms with Crippen LogP contribution >= 0.6 is 0 Å². The Kier molecular flexibility index (Phi) is 6.57. The number of para-hydroxylation sites is 1. The molecule has 0 aliphatic heterocycles. The van der Waals surface area contributed by atoms with Crippen molar-refractivity contribution in [3.63, 3.8) is 0 Å². The summed E-state index contributed by atoms with van der Waals surface area (Å²) in [6.45, 7) is 0.488. The fraction of sp³-hybridized carbons (Fsp3) is 0.200. The third-order valence-corrected chi connectivity index (χ3v) is 5.54. The van der Waals surface area contributed by atoms with Crippen LogP contribution in [0.15, 0.2) is 77.8 Å². The summed E-state index contributed by atoms with van der Waals surface area (Å²) in [5.41, 5.74) is 1.84. The molecule has 1 amide bonds. The molecule has 1 aromatic heterocycles. The Labute approximate surface area is 164 Å². The van der Waals surface area contributed by atoms with Crippen molar-refractivity contribution in [1.82, 2.24) is 19.8 Å². The van der Waals surface area contributed by atoms with Gasteiger partial charge in [0.1, 0.15) is 0 Å². The number of benzene rings is 2. The van der Waals surface area contributed by atoms with Crippen LogP contribution in [-0.4, -0.2) is 37.2 Å². The molecule has 0 spiro atoms. The largest absolute Gasteiger partial charge is 0.356 e. The summed E-state index contributed by atoms with van der Waals surface area (Å²) in [7, 11) is -3.59. The third kappa shape index (κ3) is 5.51. The molecule has 28 heavy (non-hydrogen) atoms. The first-order chi connectivity index (χ1) is 13.5. The molecule has 0 fully saturated rings. The Morgan fingerprint density at radius 2 is 1.61 bits per heavy atom. The number of rotatable bonds is 9. The molecule has 0 saturated heterocycles. The minimum absolute atomic E-state index is 0.0473. The standard InChI is InChI=1S/C20H22N4O3S/c25-20(12-15-22-28(26,27)19-9-5-2-6-10-19)21-14-11-17-13-16-24(23-17)18-7-3-1-4-8-18/h1-10,13,16,22H,11-12,14-15H2,(H,21,25). The number of hydrogen-bond donors (Lipinski definition) is 2. The molecular formula is C20H22N4O3S. The summed E-state index contributed by atoms with van der Waals surface area (Å²) in [5.74, 6) is -0.210. The van der Waals surface area contributed by atoms with Gasteiger partial charge in [0.15, 0.2) is 0 Å². The van der Waals surface area contributed by atoms with Crippen molar-refractivity contribution in [1.29, 1.82) is 0 Å². The molecule has 3 aromatic rings. The van der Waals surface area contributed by atoms with Gasteiger partial charge in [0, 0.05) is 32.1 Å². The first-order valence-corrected chi connectivity index (χ1v) is 10.4. The molecule has 0 saturated carbocycles. The molecule has 1 heterocycles. The van der Waals surface area contributed by atoms with Crippen LogP contribution in [-0.2, 0) is 21.2 Å². The lowest BCUT2D eigenvalue weighted by molar-refractivity contribution is -0.120. The average molecular weight is 398 g/mol. The van der Waals surface area contributed by atoms with Gasteiger partial charge < -0.3 is 5.32 Å². The number of amides is 1. The van der Waals surface area contributed by atoms with Crippen molar-refractivity contribution in [2.45, 2.75) is 17.7 Å². The molecule has 0 radical (unpaired) electrons. The second-order valence-corrected chi connectivity index (χ2v) is 7.91. The zero-order valence-corrected chi connectivity index (χ0v) is 16.1. The van der Waals surface area contributed by atoms with Crippen LogP contribution in [0, 0.1) is 0 Å². The second kappa shape index (κ2) is 9.29. The van der Waals surface area contributed by atoms with Gasteiger partial charge in [0.05, 0.1) is 16.3 Å². The minimum Gasteiger partial charge on any atom is -0.356 e. The van der Waals surface area contributed by atoms with Gasteiger partial charge >= 0.3 is 0 Å². The summed E-state index contributed by atoms with van der Waals surface area (Å²) < 4.78 is 28.4. The molecule has 8 heteroatoms. The van der Waals surface area contributed by atoms with Gasteiger partial charge in [0.25, 0.3) is 0 Å². The van der Waals surface area contributed by atoms with Crippen LogP contribution < -0.4 is 10.0 Å². The lowest BCUT2D eigenvalue weighted by Crippen LogP contribution is -2.31. The topological polar surface area (TPSA) is 93.1 Å². The van der Waals surface area contributed by atoms with Gasteiger partial charge in [-0.1, -0.05) is 36.4 Å². The Morgan fingerprint density at radius 1 is 0.929 bits per heavy atom. The van der Waals surface area contributed by atoms with Crippen LogP contribution in [0.5, 0.6) is 0 Å². The van der Waals surface area contributed by atoms with E-state index >= 15 is 0 Å². The zero-order chi connectivity index (χ0) is 19.8. The molecular weight excluding hydrogens is 376 g/mol. The van der Waals surface area contributed by atoms with Gasteiger partial charge in [-0.2, -0.15) is 5.10 Å². The summed E-state index contributed by atoms with van der Waals surface area (Å²) in [6.07, 6.45) is 2.55. The Balaban J connectivity index is 1.39. The van der Waals surface area contributed by atoms with Crippen LogP contribution in [0.4, 0.5) is 0 Å². The maximum absolute atomic E-state index is 12.1. The molecule has 3 rings (SSSR count). The lowest BCUT2D eigenvalue weighted by Gasteiger charge is -2.07. The van der Waals surface area contributed by atoms with Crippen molar-refractivity contribution < 1.29 is 13.2 Å². The number of aromatic nitrogens is 2. The fourth-order valence-corrected chi connectivity index (χ4v) is 3.67. The van der Waals surface area contributed by atoms with E-state index in [0.717, 1.165) is 11.4 Å². The van der Waals surface area contributed by atoms with E-state index in [-0.39, 0.29) is 23.8 Å². The number of carbonyl (C=O) groups is 1. The van der Waals surface area contributed by atoms with E-state index in [2.05, 4.69) is 15.1 Å². The number of hydrogen-bond acceptors (Lipinski definition) is 4. The van der Waals surface area contributed by atoms with Crippen molar-refractivity contribution >= 4 is 15.9 Å². The molecule has 0 aliphatic carbocycles. The van der Waals surface area contributed by atoms with E-state index in [0.29, 0.717) is 13.0 Å². The van der Waals surface area contributed by atoms with Gasteiger partial charge in [-0.3, -0.25) is 4.79 Å². The van der Waals surface area contributed by atoms with Crippen LogP contribution in [0.3, 0.4) is 0 Å². The normalized spacial score (nSPS) is 11.3. The van der Waals surface area contributed by atoms with Crippen LogP contribution in [0.25, 0.3) is 5.69 Å². The maximum atomic E-state index is 12.1. The monoisotopic (exact) mass is 398 g/mol. The molecule has 0 atom stereocenters.